The molecule has 0 spiro atoms. The summed E-state index contributed by atoms with van der Waals surface area (Å²) < 4.78 is 2.06. The lowest BCUT2D eigenvalue weighted by molar-refractivity contribution is 0.273. The number of aliphatic hydroxyl groups is 1. The SMILES string of the molecule is O=c1[nH]cc(Br)n1CCO. The molecule has 0 aliphatic heterocycles. The van der Waals surface area contributed by atoms with E-state index >= 15 is 0 Å². The number of hydrogen-bond donors (Lipinski definition) is 2. The molecule has 10 heavy (non-hydrogen) atoms. The smallest absolute Gasteiger partial charge is 0.326 e. The molecule has 0 saturated heterocycles. The van der Waals surface area contributed by atoms with Gasteiger partial charge in [0.2, 0.25) is 0 Å². The largest absolute Gasteiger partial charge is 0.395 e. The molecule has 2 N–H and O–H groups in total. The summed E-state index contributed by atoms with van der Waals surface area (Å²) in [5.74, 6) is 0. The fourth-order valence-electron chi connectivity index (χ4n) is 0.682. The van der Waals surface area contributed by atoms with Gasteiger partial charge >= 0.3 is 5.69 Å². The van der Waals surface area contributed by atoms with Crippen molar-refractivity contribution >= 4 is 15.9 Å². The number of nitrogens with zero attached hydrogens (tertiary/aromatic N) is 1. The van der Waals surface area contributed by atoms with Crippen LogP contribution in [0.1, 0.15) is 0 Å². The van der Waals surface area contributed by atoms with Crippen molar-refractivity contribution < 1.29 is 5.11 Å². The first-order chi connectivity index (χ1) is 4.75. The number of aromatic amines is 1. The second kappa shape index (κ2) is 3.03. The lowest BCUT2D eigenvalue weighted by atomic mass is 10.7. The minimum Gasteiger partial charge on any atom is -0.395 e. The fraction of sp³-hybridized carbons (Fsp3) is 0.400. The summed E-state index contributed by atoms with van der Waals surface area (Å²) in [6, 6.07) is 0. The molecule has 0 aromatic carbocycles. The van der Waals surface area contributed by atoms with Crippen molar-refractivity contribution in [3.05, 3.63) is 21.3 Å². The van der Waals surface area contributed by atoms with Gasteiger partial charge in [0.1, 0.15) is 4.60 Å². The second-order valence-electron chi connectivity index (χ2n) is 1.79. The lowest BCUT2D eigenvalue weighted by Gasteiger charge is -1.96. The molecular weight excluding hydrogens is 200 g/mol. The van der Waals surface area contributed by atoms with Crippen molar-refractivity contribution in [1.82, 2.24) is 9.55 Å². The summed E-state index contributed by atoms with van der Waals surface area (Å²) >= 11 is 3.14. The monoisotopic (exact) mass is 206 g/mol. The van der Waals surface area contributed by atoms with Crippen LogP contribution in [-0.4, -0.2) is 21.3 Å². The molecule has 1 heterocycles. The summed E-state index contributed by atoms with van der Waals surface area (Å²) in [6.45, 7) is 0.291. The van der Waals surface area contributed by atoms with Crippen LogP contribution in [0.25, 0.3) is 0 Å². The third-order valence-electron chi connectivity index (χ3n) is 1.14. The van der Waals surface area contributed by atoms with Gasteiger partial charge in [0.25, 0.3) is 0 Å². The quantitative estimate of drug-likeness (QED) is 0.713. The van der Waals surface area contributed by atoms with Crippen LogP contribution in [0.3, 0.4) is 0 Å². The molecule has 0 amide bonds. The van der Waals surface area contributed by atoms with Crippen LogP contribution >= 0.6 is 15.9 Å². The van der Waals surface area contributed by atoms with Gasteiger partial charge in [-0.3, -0.25) is 4.57 Å². The second-order valence-corrected chi connectivity index (χ2v) is 2.60. The van der Waals surface area contributed by atoms with Crippen LogP contribution in [0, 0.1) is 0 Å². The summed E-state index contributed by atoms with van der Waals surface area (Å²) in [5.41, 5.74) is -0.207. The highest BCUT2D eigenvalue weighted by Crippen LogP contribution is 2.03. The Morgan fingerprint density at radius 1 is 1.80 bits per heavy atom. The molecule has 0 fully saturated rings. The number of rotatable bonds is 2. The van der Waals surface area contributed by atoms with E-state index in [9.17, 15) is 4.79 Å². The number of aromatic nitrogens is 2. The van der Waals surface area contributed by atoms with Gasteiger partial charge in [-0.25, -0.2) is 4.79 Å². The Labute approximate surface area is 65.6 Å². The van der Waals surface area contributed by atoms with E-state index in [1.807, 2.05) is 0 Å². The standard InChI is InChI=1S/C5H7BrN2O2/c6-4-3-7-5(10)8(4)1-2-9/h3,9H,1-2H2,(H,7,10). The average molecular weight is 207 g/mol. The van der Waals surface area contributed by atoms with Crippen LogP contribution in [0.5, 0.6) is 0 Å². The van der Waals surface area contributed by atoms with Crippen LogP contribution < -0.4 is 5.69 Å². The van der Waals surface area contributed by atoms with Crippen molar-refractivity contribution in [3.8, 4) is 0 Å². The molecule has 0 saturated carbocycles. The van der Waals surface area contributed by atoms with E-state index < -0.39 is 0 Å². The van der Waals surface area contributed by atoms with E-state index in [1.54, 1.807) is 0 Å². The molecule has 1 aromatic rings. The molecule has 0 bridgehead atoms. The highest BCUT2D eigenvalue weighted by molar-refractivity contribution is 9.10. The maximum Gasteiger partial charge on any atom is 0.326 e. The Bertz CT molecular complexity index is 265. The van der Waals surface area contributed by atoms with Crippen LogP contribution in [-0.2, 0) is 6.54 Å². The van der Waals surface area contributed by atoms with Crippen molar-refractivity contribution in [3.63, 3.8) is 0 Å². The summed E-state index contributed by atoms with van der Waals surface area (Å²) in [7, 11) is 0. The first-order valence-electron chi connectivity index (χ1n) is 2.80. The molecule has 5 heteroatoms. The van der Waals surface area contributed by atoms with Gasteiger partial charge in [-0.2, -0.15) is 0 Å². The number of nitrogens with one attached hydrogen (secondary N) is 1. The number of halogens is 1. The lowest BCUT2D eigenvalue weighted by Crippen LogP contribution is -2.18. The molecule has 0 radical (unpaired) electrons. The Kier molecular flexibility index (Phi) is 2.29. The fourth-order valence-corrected chi connectivity index (χ4v) is 1.14. The zero-order chi connectivity index (χ0) is 7.56. The van der Waals surface area contributed by atoms with E-state index in [4.69, 9.17) is 5.11 Å². The molecule has 0 aliphatic rings. The van der Waals surface area contributed by atoms with Crippen molar-refractivity contribution in [2.45, 2.75) is 6.54 Å². The summed E-state index contributed by atoms with van der Waals surface area (Å²) in [4.78, 5) is 13.3. The first kappa shape index (κ1) is 7.56. The van der Waals surface area contributed by atoms with Crippen molar-refractivity contribution in [1.29, 1.82) is 0 Å². The van der Waals surface area contributed by atoms with Gasteiger partial charge in [0.15, 0.2) is 0 Å². The van der Waals surface area contributed by atoms with Crippen LogP contribution in [0.4, 0.5) is 0 Å². The Morgan fingerprint density at radius 2 is 2.50 bits per heavy atom. The van der Waals surface area contributed by atoms with E-state index in [-0.39, 0.29) is 12.3 Å². The van der Waals surface area contributed by atoms with Crippen LogP contribution in [0.2, 0.25) is 0 Å². The number of hydrogen-bond acceptors (Lipinski definition) is 2. The number of imidazole rings is 1. The van der Waals surface area contributed by atoms with Gasteiger partial charge in [-0.1, -0.05) is 0 Å². The summed E-state index contributed by atoms with van der Waals surface area (Å²) in [5, 5.41) is 8.49. The van der Waals surface area contributed by atoms with Gasteiger partial charge in [-0.05, 0) is 15.9 Å². The highest BCUT2D eigenvalue weighted by atomic mass is 79.9. The van der Waals surface area contributed by atoms with Gasteiger partial charge < -0.3 is 10.1 Å². The maximum absolute atomic E-state index is 10.8. The van der Waals surface area contributed by atoms with E-state index in [0.717, 1.165) is 0 Å². The van der Waals surface area contributed by atoms with E-state index in [2.05, 4.69) is 20.9 Å². The molecular formula is C5H7BrN2O2. The van der Waals surface area contributed by atoms with E-state index in [1.165, 1.54) is 10.8 Å². The minimum absolute atomic E-state index is 0.0314. The molecule has 1 aromatic heterocycles. The highest BCUT2D eigenvalue weighted by Gasteiger charge is 1.99. The summed E-state index contributed by atoms with van der Waals surface area (Å²) in [6.07, 6.45) is 1.54. The number of aliphatic hydroxyl groups excluding tert-OH is 1. The maximum atomic E-state index is 10.8. The first-order valence-corrected chi connectivity index (χ1v) is 3.59. The van der Waals surface area contributed by atoms with Gasteiger partial charge in [0, 0.05) is 6.20 Å². The Hall–Kier alpha value is -0.550. The van der Waals surface area contributed by atoms with Crippen LogP contribution in [0.15, 0.2) is 15.6 Å². The number of H-pyrrole nitrogens is 1. The molecule has 0 unspecified atom stereocenters. The Balaban J connectivity index is 2.99. The molecule has 1 rings (SSSR count). The van der Waals surface area contributed by atoms with Gasteiger partial charge in [-0.15, -0.1) is 0 Å². The average Bonchev–Trinajstić information content (AvgIpc) is 2.20. The minimum atomic E-state index is -0.207. The van der Waals surface area contributed by atoms with Gasteiger partial charge in [0.05, 0.1) is 13.2 Å². The van der Waals surface area contributed by atoms with E-state index in [0.29, 0.717) is 11.1 Å². The predicted octanol–water partition coefficient (Wildman–Crippen LogP) is -0.0688. The normalized spacial score (nSPS) is 10.2. The molecule has 56 valence electrons. The van der Waals surface area contributed by atoms with Crippen molar-refractivity contribution in [2.24, 2.45) is 0 Å². The Morgan fingerprint density at radius 3 is 2.90 bits per heavy atom. The third-order valence-corrected chi connectivity index (χ3v) is 1.80. The topological polar surface area (TPSA) is 58.0 Å². The van der Waals surface area contributed by atoms with Crippen molar-refractivity contribution in [2.75, 3.05) is 6.61 Å². The zero-order valence-corrected chi connectivity index (χ0v) is 6.76. The molecule has 0 aliphatic carbocycles. The molecule has 0 atom stereocenters. The third kappa shape index (κ3) is 1.30. The predicted molar refractivity (Wildman–Crippen MR) is 39.8 cm³/mol. The molecule has 4 nitrogen and oxygen atoms in total. The zero-order valence-electron chi connectivity index (χ0n) is 5.17.